The van der Waals surface area contributed by atoms with Crippen LogP contribution in [0.3, 0.4) is 0 Å². The fourth-order valence-corrected chi connectivity index (χ4v) is 6.76. The average molecular weight is 497 g/mol. The molecule has 7 rings (SSSR count). The summed E-state index contributed by atoms with van der Waals surface area (Å²) in [5.74, 6) is 0. The minimum absolute atomic E-state index is 0.141. The van der Waals surface area contributed by atoms with Gasteiger partial charge in [-0.15, -0.1) is 0 Å². The van der Waals surface area contributed by atoms with Gasteiger partial charge in [0.15, 0.2) is 0 Å². The second-order valence-electron chi connectivity index (χ2n) is 13.8. The lowest BCUT2D eigenvalue weighted by Crippen LogP contribution is -2.11. The molecule has 0 saturated carbocycles. The van der Waals surface area contributed by atoms with Gasteiger partial charge in [-0.25, -0.2) is 0 Å². The van der Waals surface area contributed by atoms with Gasteiger partial charge in [-0.3, -0.25) is 4.98 Å². The van der Waals surface area contributed by atoms with Crippen molar-refractivity contribution in [2.45, 2.75) is 61.3 Å². The molecule has 0 amide bonds. The van der Waals surface area contributed by atoms with Crippen LogP contribution in [0.4, 0.5) is 0 Å². The normalized spacial score (nSPS) is 13.3. The Morgan fingerprint density at radius 1 is 0.684 bits per heavy atom. The van der Waals surface area contributed by atoms with E-state index in [1.54, 1.807) is 0 Å². The molecule has 2 nitrogen and oxygen atoms in total. The van der Waals surface area contributed by atoms with Crippen molar-refractivity contribution in [2.75, 3.05) is 0 Å². The number of pyridine rings is 2. The van der Waals surface area contributed by atoms with Gasteiger partial charge >= 0.3 is 0 Å². The van der Waals surface area contributed by atoms with Gasteiger partial charge in [0.2, 0.25) is 0 Å². The maximum Gasteiger partial charge on any atom is 0.0823 e. The molecular formula is C36H36N2. The van der Waals surface area contributed by atoms with Gasteiger partial charge in [0.05, 0.1) is 22.1 Å². The highest BCUT2D eigenvalue weighted by Gasteiger charge is 2.25. The van der Waals surface area contributed by atoms with E-state index in [0.717, 1.165) is 18.4 Å². The zero-order chi connectivity index (χ0) is 26.6. The molecule has 4 aromatic carbocycles. The van der Waals surface area contributed by atoms with E-state index in [1.165, 1.54) is 70.9 Å². The smallest absolute Gasteiger partial charge is 0.0823 e. The van der Waals surface area contributed by atoms with E-state index in [-0.39, 0.29) is 10.8 Å². The van der Waals surface area contributed by atoms with Crippen molar-refractivity contribution >= 4 is 59.8 Å². The number of hydrogen-bond donors (Lipinski definition) is 0. The minimum atomic E-state index is 0.141. The molecule has 0 atom stereocenters. The predicted molar refractivity (Wildman–Crippen MR) is 165 cm³/mol. The van der Waals surface area contributed by atoms with Crippen LogP contribution in [0.2, 0.25) is 0 Å². The molecule has 3 aromatic heterocycles. The van der Waals surface area contributed by atoms with Crippen LogP contribution in [0.15, 0.2) is 66.9 Å². The molecule has 0 bridgehead atoms. The molecule has 38 heavy (non-hydrogen) atoms. The fraction of sp³-hybridized carbons (Fsp3) is 0.306. The highest BCUT2D eigenvalue weighted by molar-refractivity contribution is 6.29. The summed E-state index contributed by atoms with van der Waals surface area (Å²) >= 11 is 0. The van der Waals surface area contributed by atoms with Gasteiger partial charge in [0.25, 0.3) is 0 Å². The molecule has 0 aliphatic carbocycles. The number of benzene rings is 4. The molecule has 0 unspecified atom stereocenters. The van der Waals surface area contributed by atoms with Crippen molar-refractivity contribution in [3.8, 4) is 0 Å². The number of aromatic nitrogens is 2. The lowest BCUT2D eigenvalue weighted by molar-refractivity contribution is 0.412. The van der Waals surface area contributed by atoms with Crippen LogP contribution in [0, 0.1) is 17.8 Å². The van der Waals surface area contributed by atoms with Crippen molar-refractivity contribution in [3.63, 3.8) is 0 Å². The first-order chi connectivity index (χ1) is 18.0. The first-order valence-electron chi connectivity index (χ1n) is 13.9. The SMILES string of the molecule is Cc1ccc2cc3c4nccc5ccc6c7c(CC(C)(C)C)cccc7n(c3c(CC(C)(C)C)c2c1)c6c54. The van der Waals surface area contributed by atoms with Crippen LogP contribution < -0.4 is 0 Å². The lowest BCUT2D eigenvalue weighted by atomic mass is 9.84. The number of aryl methyl sites for hydroxylation is 1. The summed E-state index contributed by atoms with van der Waals surface area (Å²) in [5.41, 5.74) is 9.58. The van der Waals surface area contributed by atoms with Crippen molar-refractivity contribution in [1.29, 1.82) is 0 Å². The zero-order valence-electron chi connectivity index (χ0n) is 23.7. The third kappa shape index (κ3) is 3.42. The minimum Gasteiger partial charge on any atom is -0.308 e. The molecule has 0 N–H and O–H groups in total. The van der Waals surface area contributed by atoms with Crippen LogP contribution in [0.25, 0.3) is 59.8 Å². The standard InChI is InChI=1S/C36H36N2/c1-21-11-12-23-18-27-32-31-22(15-16-37-32)13-14-25-30-24(19-35(2,3)4)9-8-10-29(30)38(34(25)31)33(27)28(26(23)17-21)20-36(5,6)7/h8-18H,19-20H2,1-7H3. The van der Waals surface area contributed by atoms with E-state index in [2.05, 4.69) is 114 Å². The third-order valence-corrected chi connectivity index (χ3v) is 8.05. The molecule has 0 aliphatic rings. The Morgan fingerprint density at radius 3 is 2.21 bits per heavy atom. The van der Waals surface area contributed by atoms with Gasteiger partial charge in [-0.2, -0.15) is 0 Å². The largest absolute Gasteiger partial charge is 0.308 e. The van der Waals surface area contributed by atoms with E-state index >= 15 is 0 Å². The zero-order valence-corrected chi connectivity index (χ0v) is 23.7. The quantitative estimate of drug-likeness (QED) is 0.172. The van der Waals surface area contributed by atoms with E-state index < -0.39 is 0 Å². The molecule has 0 radical (unpaired) electrons. The second-order valence-corrected chi connectivity index (χ2v) is 13.8. The second kappa shape index (κ2) is 7.69. The molecule has 190 valence electrons. The fourth-order valence-electron chi connectivity index (χ4n) is 6.76. The Kier molecular flexibility index (Phi) is 4.75. The van der Waals surface area contributed by atoms with Crippen LogP contribution in [-0.2, 0) is 12.8 Å². The lowest BCUT2D eigenvalue weighted by Gasteiger charge is -2.23. The van der Waals surface area contributed by atoms with Gasteiger partial charge in [0.1, 0.15) is 0 Å². The summed E-state index contributed by atoms with van der Waals surface area (Å²) in [6.45, 7) is 16.3. The van der Waals surface area contributed by atoms with Crippen LogP contribution >= 0.6 is 0 Å². The predicted octanol–water partition coefficient (Wildman–Crippen LogP) is 10.0. The molecule has 0 spiro atoms. The maximum absolute atomic E-state index is 5.06. The molecule has 7 aromatic rings. The maximum atomic E-state index is 5.06. The number of rotatable bonds is 2. The Balaban J connectivity index is 1.82. The summed E-state index contributed by atoms with van der Waals surface area (Å²) in [7, 11) is 0. The van der Waals surface area contributed by atoms with E-state index in [9.17, 15) is 0 Å². The summed E-state index contributed by atoms with van der Waals surface area (Å²) in [5, 5.41) is 9.20. The molecule has 0 aliphatic heterocycles. The van der Waals surface area contributed by atoms with Gasteiger partial charge < -0.3 is 4.40 Å². The first-order valence-corrected chi connectivity index (χ1v) is 13.9. The van der Waals surface area contributed by atoms with E-state index in [0.29, 0.717) is 0 Å². The van der Waals surface area contributed by atoms with Gasteiger partial charge in [-0.1, -0.05) is 89.6 Å². The van der Waals surface area contributed by atoms with Crippen molar-refractivity contribution in [1.82, 2.24) is 9.38 Å². The molecule has 0 saturated heterocycles. The topological polar surface area (TPSA) is 17.3 Å². The Bertz CT molecular complexity index is 2040. The molecule has 2 heteroatoms. The van der Waals surface area contributed by atoms with Crippen LogP contribution in [-0.4, -0.2) is 9.38 Å². The number of nitrogens with zero attached hydrogens (tertiary/aromatic N) is 2. The number of fused-ring (bicyclic) bond motifs is 7. The van der Waals surface area contributed by atoms with Crippen molar-refractivity contribution < 1.29 is 0 Å². The van der Waals surface area contributed by atoms with Crippen LogP contribution in [0.5, 0.6) is 0 Å². The summed E-state index contributed by atoms with van der Waals surface area (Å²) in [4.78, 5) is 5.06. The highest BCUT2D eigenvalue weighted by atomic mass is 14.9. The van der Waals surface area contributed by atoms with E-state index in [4.69, 9.17) is 4.98 Å². The van der Waals surface area contributed by atoms with Gasteiger partial charge in [-0.05, 0) is 76.1 Å². The van der Waals surface area contributed by atoms with Crippen molar-refractivity contribution in [2.24, 2.45) is 10.8 Å². The summed E-state index contributed by atoms with van der Waals surface area (Å²) < 4.78 is 2.60. The van der Waals surface area contributed by atoms with E-state index in [1.807, 2.05) is 6.20 Å². The monoisotopic (exact) mass is 496 g/mol. The summed E-state index contributed by atoms with van der Waals surface area (Å²) in [6.07, 6.45) is 4.02. The van der Waals surface area contributed by atoms with Crippen molar-refractivity contribution in [3.05, 3.63) is 83.6 Å². The van der Waals surface area contributed by atoms with Gasteiger partial charge in [0, 0.05) is 27.7 Å². The average Bonchev–Trinajstić information content (AvgIpc) is 3.18. The number of hydrogen-bond acceptors (Lipinski definition) is 1. The Labute approximate surface area is 224 Å². The summed E-state index contributed by atoms with van der Waals surface area (Å²) in [6, 6.07) is 23.1. The molecule has 3 heterocycles. The molecular weight excluding hydrogens is 460 g/mol. The first kappa shape index (κ1) is 23.5. The Hall–Kier alpha value is -3.65. The van der Waals surface area contributed by atoms with Crippen LogP contribution in [0.1, 0.15) is 58.2 Å². The highest BCUT2D eigenvalue weighted by Crippen LogP contribution is 2.45. The Morgan fingerprint density at radius 2 is 1.45 bits per heavy atom. The molecule has 0 fully saturated rings. The third-order valence-electron chi connectivity index (χ3n) is 8.05.